The molecule has 70 heavy (non-hydrogen) atoms. The van der Waals surface area contributed by atoms with Crippen molar-refractivity contribution in [1.82, 2.24) is 42.5 Å². The van der Waals surface area contributed by atoms with Crippen molar-refractivity contribution in [2.24, 2.45) is 17.4 Å². The number of phenolic OH excluding ortho intramolecular Hbond substituents is 2. The Balaban J connectivity index is 1.58. The third-order valence-corrected chi connectivity index (χ3v) is 11.7. The number of aromatic hydroxyl groups is 2. The van der Waals surface area contributed by atoms with Gasteiger partial charge in [0.1, 0.15) is 53.8 Å². The van der Waals surface area contributed by atoms with E-state index in [1.54, 1.807) is 42.5 Å². The Hall–Kier alpha value is -7.57. The van der Waals surface area contributed by atoms with E-state index in [0.29, 0.717) is 28.5 Å². The number of benzene rings is 3. The minimum absolute atomic E-state index is 0.0256. The van der Waals surface area contributed by atoms with Crippen molar-refractivity contribution in [3.8, 4) is 11.5 Å². The summed E-state index contributed by atoms with van der Waals surface area (Å²) in [5, 5.41) is 47.9. The SMILES string of the molecule is CC(C)[C@H](NC(=O)[C@H](CC(N)=O)NC(=O)[C@H](Cc1ccc(O)cc1)NC(=O)[C@@H](N)CO)C(=O)N[C@H]1CSC(=O)[C@H](Cc2ccccc2)NC(=O)[C@H](Cc2ccc(O)cc2)NC(=O)CNC(=O)CNC1=O. The van der Waals surface area contributed by atoms with Gasteiger partial charge >= 0.3 is 0 Å². The fourth-order valence-electron chi connectivity index (χ4n) is 6.79. The summed E-state index contributed by atoms with van der Waals surface area (Å²) < 4.78 is 0. The monoisotopic (exact) mass is 990 g/mol. The minimum atomic E-state index is -1.73. The first-order valence-electron chi connectivity index (χ1n) is 22.0. The van der Waals surface area contributed by atoms with E-state index in [1.807, 2.05) is 0 Å². The highest BCUT2D eigenvalue weighted by Gasteiger charge is 2.35. The average Bonchev–Trinajstić information content (AvgIpc) is 3.32. The smallest absolute Gasteiger partial charge is 0.243 e. The van der Waals surface area contributed by atoms with Crippen molar-refractivity contribution in [2.45, 2.75) is 81.8 Å². The molecule has 1 fully saturated rings. The predicted octanol–water partition coefficient (Wildman–Crippen LogP) is -3.61. The molecule has 1 aliphatic heterocycles. The van der Waals surface area contributed by atoms with E-state index >= 15 is 0 Å². The molecule has 1 aliphatic rings. The summed E-state index contributed by atoms with van der Waals surface area (Å²) in [4.78, 5) is 134. The van der Waals surface area contributed by atoms with Gasteiger partial charge < -0.3 is 69.3 Å². The van der Waals surface area contributed by atoms with Crippen LogP contribution in [0.2, 0.25) is 0 Å². The fourth-order valence-corrected chi connectivity index (χ4v) is 7.70. The molecular formula is C46H58N10O13S. The zero-order valence-electron chi connectivity index (χ0n) is 38.3. The summed E-state index contributed by atoms with van der Waals surface area (Å²) >= 11 is 0.572. The van der Waals surface area contributed by atoms with Gasteiger partial charge in [-0.15, -0.1) is 0 Å². The highest BCUT2D eigenvalue weighted by Crippen LogP contribution is 2.17. The maximum atomic E-state index is 14.1. The molecule has 7 atom stereocenters. The van der Waals surface area contributed by atoms with Gasteiger partial charge in [-0.3, -0.25) is 47.9 Å². The van der Waals surface area contributed by atoms with Crippen LogP contribution in [0.5, 0.6) is 11.5 Å². The van der Waals surface area contributed by atoms with Crippen molar-refractivity contribution in [3.63, 3.8) is 0 Å². The molecule has 4 rings (SSSR count). The van der Waals surface area contributed by atoms with Crippen LogP contribution in [-0.2, 0) is 67.2 Å². The number of hydrogen-bond acceptors (Lipinski definition) is 15. The molecule has 0 saturated carbocycles. The topological polar surface area (TPSA) is 380 Å². The summed E-state index contributed by atoms with van der Waals surface area (Å²) in [7, 11) is 0. The van der Waals surface area contributed by atoms with Crippen LogP contribution in [0, 0.1) is 5.92 Å². The first-order valence-corrected chi connectivity index (χ1v) is 23.0. The quantitative estimate of drug-likeness (QED) is 0.0586. The number of nitrogens with one attached hydrogen (secondary N) is 8. The summed E-state index contributed by atoms with van der Waals surface area (Å²) in [6.45, 7) is 0.987. The number of aliphatic hydroxyl groups excluding tert-OH is 1. The second-order valence-corrected chi connectivity index (χ2v) is 17.6. The van der Waals surface area contributed by atoms with Crippen LogP contribution >= 0.6 is 11.8 Å². The van der Waals surface area contributed by atoms with Gasteiger partial charge in [0.15, 0.2) is 0 Å². The number of primary amides is 1. The van der Waals surface area contributed by atoms with E-state index in [-0.39, 0.29) is 30.8 Å². The van der Waals surface area contributed by atoms with Crippen molar-refractivity contribution in [3.05, 3.63) is 95.6 Å². The predicted molar refractivity (Wildman–Crippen MR) is 253 cm³/mol. The van der Waals surface area contributed by atoms with Crippen molar-refractivity contribution in [1.29, 1.82) is 0 Å². The Morgan fingerprint density at radius 1 is 0.671 bits per heavy atom. The number of phenols is 2. The molecule has 0 aliphatic carbocycles. The maximum absolute atomic E-state index is 14.1. The second kappa shape index (κ2) is 26.8. The third kappa shape index (κ3) is 17.8. The molecule has 376 valence electrons. The van der Waals surface area contributed by atoms with E-state index < -0.39 is 138 Å². The third-order valence-electron chi connectivity index (χ3n) is 10.6. The van der Waals surface area contributed by atoms with Crippen LogP contribution in [0.15, 0.2) is 78.9 Å². The normalized spacial score (nSPS) is 18.9. The fraction of sp³-hybridized carbons (Fsp3) is 0.391. The average molecular weight is 991 g/mol. The molecule has 0 unspecified atom stereocenters. The lowest BCUT2D eigenvalue weighted by atomic mass is 10.0. The summed E-state index contributed by atoms with van der Waals surface area (Å²) in [5.41, 5.74) is 12.7. The first kappa shape index (κ1) is 55.0. The highest BCUT2D eigenvalue weighted by molar-refractivity contribution is 8.13. The van der Waals surface area contributed by atoms with Gasteiger partial charge in [-0.1, -0.05) is 80.2 Å². The molecule has 0 radical (unpaired) electrons. The summed E-state index contributed by atoms with van der Waals surface area (Å²) in [6.07, 6.45) is -1.09. The van der Waals surface area contributed by atoms with Crippen molar-refractivity contribution >= 4 is 70.0 Å². The lowest BCUT2D eigenvalue weighted by Gasteiger charge is -2.28. The Labute approximate surface area is 406 Å². The van der Waals surface area contributed by atoms with Gasteiger partial charge in [0.25, 0.3) is 0 Å². The van der Waals surface area contributed by atoms with Gasteiger partial charge in [0.2, 0.25) is 58.3 Å². The Kier molecular flexibility index (Phi) is 21.1. The van der Waals surface area contributed by atoms with Crippen molar-refractivity contribution in [2.75, 3.05) is 25.4 Å². The van der Waals surface area contributed by atoms with E-state index in [9.17, 15) is 63.3 Å². The van der Waals surface area contributed by atoms with Crippen LogP contribution < -0.4 is 54.0 Å². The molecule has 3 aromatic carbocycles. The molecule has 15 N–H and O–H groups in total. The van der Waals surface area contributed by atoms with E-state index in [1.165, 1.54) is 50.2 Å². The number of thioether (sulfide) groups is 1. The van der Waals surface area contributed by atoms with Crippen LogP contribution in [0.3, 0.4) is 0 Å². The van der Waals surface area contributed by atoms with Crippen LogP contribution in [0.1, 0.15) is 37.0 Å². The van der Waals surface area contributed by atoms with E-state index in [0.717, 1.165) is 0 Å². The second-order valence-electron chi connectivity index (χ2n) is 16.6. The number of carbonyl (C=O) groups excluding carboxylic acids is 10. The molecule has 0 aromatic heterocycles. The van der Waals surface area contributed by atoms with E-state index in [4.69, 9.17) is 11.5 Å². The molecule has 0 spiro atoms. The molecule has 3 aromatic rings. The number of amides is 9. The lowest BCUT2D eigenvalue weighted by Crippen LogP contribution is -2.61. The molecule has 1 saturated heterocycles. The van der Waals surface area contributed by atoms with Gasteiger partial charge in [-0.05, 0) is 46.9 Å². The Morgan fingerprint density at radius 2 is 1.23 bits per heavy atom. The first-order chi connectivity index (χ1) is 33.2. The minimum Gasteiger partial charge on any atom is -0.508 e. The molecule has 23 nitrogen and oxygen atoms in total. The summed E-state index contributed by atoms with van der Waals surface area (Å²) in [5.74, 6) is -9.67. The molecule has 9 amide bonds. The Bertz CT molecular complexity index is 2360. The summed E-state index contributed by atoms with van der Waals surface area (Å²) in [6, 6.07) is 9.93. The maximum Gasteiger partial charge on any atom is 0.243 e. The van der Waals surface area contributed by atoms with Gasteiger partial charge in [-0.25, -0.2) is 0 Å². The molecule has 0 bridgehead atoms. The van der Waals surface area contributed by atoms with Gasteiger partial charge in [0, 0.05) is 25.0 Å². The number of carbonyl (C=O) groups is 10. The number of hydrogen-bond donors (Lipinski definition) is 13. The van der Waals surface area contributed by atoms with E-state index in [2.05, 4.69) is 42.5 Å². The Morgan fingerprint density at radius 3 is 1.83 bits per heavy atom. The number of nitrogens with two attached hydrogens (primary N) is 2. The van der Waals surface area contributed by atoms with Crippen molar-refractivity contribution < 1.29 is 63.3 Å². The zero-order chi connectivity index (χ0) is 51.5. The van der Waals surface area contributed by atoms with Crippen LogP contribution in [0.25, 0.3) is 0 Å². The number of aliphatic hydroxyl groups is 1. The van der Waals surface area contributed by atoms with Crippen LogP contribution in [-0.4, -0.2) is 141 Å². The molecule has 24 heteroatoms. The standard InChI is InChI=1S/C46H58N10O13S/c1-24(2)39(56-44(67)33(19-36(48)60)53-43(66)32(52-40(63)30(47)22-57)17-27-10-14-29(59)15-11-27)45(68)55-35-23-70-46(69)34(18-25-6-4-3-5-7-25)54-42(65)31(16-26-8-12-28(58)13-9-26)51-38(62)21-49-37(61)20-50-41(35)64/h3-15,24,30-35,39,57-59H,16-23,47H2,1-2H3,(H2,48,60)(H,49,61)(H,50,64)(H,51,62)(H,52,63)(H,53,66)(H,54,65)(H,55,68)(H,56,67)/t30-,31-,32-,33-,34-,35-,39-/m0/s1. The largest absolute Gasteiger partial charge is 0.508 e. The van der Waals surface area contributed by atoms with Gasteiger partial charge in [0.05, 0.1) is 26.1 Å². The molecular weight excluding hydrogens is 933 g/mol. The van der Waals surface area contributed by atoms with Crippen LogP contribution in [0.4, 0.5) is 0 Å². The molecule has 1 heterocycles. The highest BCUT2D eigenvalue weighted by atomic mass is 32.2. The lowest BCUT2D eigenvalue weighted by molar-refractivity contribution is -0.136. The number of rotatable bonds is 18. The van der Waals surface area contributed by atoms with Gasteiger partial charge in [-0.2, -0.15) is 0 Å². The zero-order valence-corrected chi connectivity index (χ0v) is 39.1.